The summed E-state index contributed by atoms with van der Waals surface area (Å²) in [5.41, 5.74) is 4.34. The number of halogens is 5. The van der Waals surface area contributed by atoms with Crippen LogP contribution in [0.5, 0.6) is 0 Å². The fraction of sp³-hybridized carbons (Fsp3) is 0.250. The number of nitrogens with two attached hydrogens (primary N) is 1. The molecule has 0 heterocycles. The van der Waals surface area contributed by atoms with Crippen LogP contribution in [0.1, 0.15) is 11.1 Å². The Morgan fingerprint density at radius 2 is 1.86 bits per heavy atom. The maximum absolute atomic E-state index is 12.3. The van der Waals surface area contributed by atoms with Gasteiger partial charge in [-0.3, -0.25) is 0 Å². The Bertz CT molecular complexity index is 312. The molecular weight excluding hydrogens is 238 g/mol. The molecule has 0 fully saturated rings. The smallest absolute Gasteiger partial charge is 0.326 e. The minimum absolute atomic E-state index is 0. The van der Waals surface area contributed by atoms with Crippen molar-refractivity contribution in [3.8, 4) is 0 Å². The molecule has 80 valence electrons. The van der Waals surface area contributed by atoms with Crippen molar-refractivity contribution in [2.24, 2.45) is 5.73 Å². The quantitative estimate of drug-likeness (QED) is 0.808. The van der Waals surface area contributed by atoms with E-state index in [9.17, 15) is 13.2 Å². The van der Waals surface area contributed by atoms with Crippen LogP contribution in [0.25, 0.3) is 0 Å². The lowest BCUT2D eigenvalue weighted by molar-refractivity contribution is -0.138. The summed E-state index contributed by atoms with van der Waals surface area (Å²) < 4.78 is 36.9. The van der Waals surface area contributed by atoms with Crippen LogP contribution in [0.2, 0.25) is 5.02 Å². The molecule has 0 saturated carbocycles. The molecule has 1 aromatic carbocycles. The van der Waals surface area contributed by atoms with Crippen LogP contribution in [0.15, 0.2) is 18.2 Å². The van der Waals surface area contributed by atoms with E-state index in [0.29, 0.717) is 0 Å². The zero-order valence-corrected chi connectivity index (χ0v) is 8.51. The average Bonchev–Trinajstić information content (AvgIpc) is 2.02. The van der Waals surface area contributed by atoms with Crippen molar-refractivity contribution in [2.75, 3.05) is 0 Å². The standard InChI is InChI=1S/C8H7ClF3N.ClH/c9-7-3-1-2-6(5(7)4-13)8(10,11)12;/h1-3H,4,13H2;1H. The van der Waals surface area contributed by atoms with Gasteiger partial charge in [0.25, 0.3) is 0 Å². The van der Waals surface area contributed by atoms with E-state index in [4.69, 9.17) is 17.3 Å². The fourth-order valence-corrected chi connectivity index (χ4v) is 1.28. The first kappa shape index (κ1) is 13.5. The molecule has 0 atom stereocenters. The number of alkyl halides is 3. The van der Waals surface area contributed by atoms with Gasteiger partial charge in [0.15, 0.2) is 0 Å². The summed E-state index contributed by atoms with van der Waals surface area (Å²) in [7, 11) is 0. The van der Waals surface area contributed by atoms with Crippen molar-refractivity contribution in [3.63, 3.8) is 0 Å². The largest absolute Gasteiger partial charge is 0.416 e. The molecule has 0 unspecified atom stereocenters. The Labute approximate surface area is 90.5 Å². The minimum Gasteiger partial charge on any atom is -0.326 e. The van der Waals surface area contributed by atoms with Gasteiger partial charge in [-0.25, -0.2) is 0 Å². The van der Waals surface area contributed by atoms with Gasteiger partial charge in [0.05, 0.1) is 5.56 Å². The average molecular weight is 246 g/mol. The van der Waals surface area contributed by atoms with E-state index in [-0.39, 0.29) is 29.5 Å². The molecule has 0 aliphatic heterocycles. The topological polar surface area (TPSA) is 26.0 Å². The number of hydrogen-bond acceptors (Lipinski definition) is 1. The molecule has 0 aliphatic carbocycles. The Morgan fingerprint density at radius 1 is 1.29 bits per heavy atom. The van der Waals surface area contributed by atoms with E-state index >= 15 is 0 Å². The van der Waals surface area contributed by atoms with Crippen LogP contribution in [-0.2, 0) is 12.7 Å². The maximum atomic E-state index is 12.3. The van der Waals surface area contributed by atoms with Crippen molar-refractivity contribution < 1.29 is 13.2 Å². The van der Waals surface area contributed by atoms with E-state index in [1.54, 1.807) is 0 Å². The third-order valence-corrected chi connectivity index (χ3v) is 1.98. The zero-order valence-electron chi connectivity index (χ0n) is 6.94. The highest BCUT2D eigenvalue weighted by Crippen LogP contribution is 2.34. The molecule has 1 aromatic rings. The minimum atomic E-state index is -4.39. The van der Waals surface area contributed by atoms with Crippen LogP contribution < -0.4 is 5.73 Å². The van der Waals surface area contributed by atoms with Crippen LogP contribution in [0, 0.1) is 0 Å². The molecule has 14 heavy (non-hydrogen) atoms. The summed E-state index contributed by atoms with van der Waals surface area (Å²) in [6.07, 6.45) is -4.39. The molecular formula is C8H8Cl2F3N. The molecule has 2 N–H and O–H groups in total. The number of benzene rings is 1. The molecule has 1 nitrogen and oxygen atoms in total. The first-order valence-corrected chi connectivity index (χ1v) is 3.89. The van der Waals surface area contributed by atoms with Crippen molar-refractivity contribution in [1.82, 2.24) is 0 Å². The third kappa shape index (κ3) is 2.77. The molecule has 0 saturated heterocycles. The van der Waals surface area contributed by atoms with E-state index in [1.165, 1.54) is 12.1 Å². The van der Waals surface area contributed by atoms with Gasteiger partial charge in [0.2, 0.25) is 0 Å². The molecule has 0 bridgehead atoms. The predicted molar refractivity (Wildman–Crippen MR) is 51.6 cm³/mol. The summed E-state index contributed by atoms with van der Waals surface area (Å²) in [6.45, 7) is -0.214. The monoisotopic (exact) mass is 245 g/mol. The van der Waals surface area contributed by atoms with E-state index in [0.717, 1.165) is 6.07 Å². The Hall–Kier alpha value is -0.450. The van der Waals surface area contributed by atoms with Gasteiger partial charge in [-0.1, -0.05) is 17.7 Å². The lowest BCUT2D eigenvalue weighted by atomic mass is 10.1. The molecule has 0 amide bonds. The summed E-state index contributed by atoms with van der Waals surface area (Å²) in [4.78, 5) is 0. The lowest BCUT2D eigenvalue weighted by Gasteiger charge is -2.12. The first-order chi connectivity index (χ1) is 5.96. The predicted octanol–water partition coefficient (Wildman–Crippen LogP) is 3.24. The van der Waals surface area contributed by atoms with Crippen LogP contribution in [-0.4, -0.2) is 0 Å². The molecule has 0 aliphatic rings. The molecule has 6 heteroatoms. The SMILES string of the molecule is Cl.NCc1c(Cl)cccc1C(F)(F)F. The van der Waals surface area contributed by atoms with Crippen molar-refractivity contribution in [3.05, 3.63) is 34.3 Å². The zero-order chi connectivity index (χ0) is 10.1. The normalized spacial score (nSPS) is 10.9. The van der Waals surface area contributed by atoms with E-state index in [2.05, 4.69) is 0 Å². The lowest BCUT2D eigenvalue weighted by Crippen LogP contribution is -2.12. The molecule has 0 radical (unpaired) electrons. The van der Waals surface area contributed by atoms with Gasteiger partial charge >= 0.3 is 6.18 Å². The second-order valence-corrected chi connectivity index (χ2v) is 2.88. The van der Waals surface area contributed by atoms with E-state index < -0.39 is 11.7 Å². The highest BCUT2D eigenvalue weighted by Gasteiger charge is 2.33. The van der Waals surface area contributed by atoms with Gasteiger partial charge in [-0.05, 0) is 17.7 Å². The summed E-state index contributed by atoms with van der Waals surface area (Å²) >= 11 is 5.56. The number of rotatable bonds is 1. The van der Waals surface area contributed by atoms with Crippen molar-refractivity contribution >= 4 is 24.0 Å². The molecule has 1 rings (SSSR count). The Morgan fingerprint density at radius 3 is 2.21 bits per heavy atom. The third-order valence-electron chi connectivity index (χ3n) is 1.63. The van der Waals surface area contributed by atoms with E-state index in [1.807, 2.05) is 0 Å². The number of hydrogen-bond donors (Lipinski definition) is 1. The van der Waals surface area contributed by atoms with Gasteiger partial charge in [0.1, 0.15) is 0 Å². The van der Waals surface area contributed by atoms with Crippen LogP contribution >= 0.6 is 24.0 Å². The van der Waals surface area contributed by atoms with Gasteiger partial charge in [-0.2, -0.15) is 13.2 Å². The van der Waals surface area contributed by atoms with Gasteiger partial charge in [0, 0.05) is 11.6 Å². The second kappa shape index (κ2) is 4.87. The second-order valence-electron chi connectivity index (χ2n) is 2.47. The fourth-order valence-electron chi connectivity index (χ4n) is 1.03. The Balaban J connectivity index is 0.00000169. The maximum Gasteiger partial charge on any atom is 0.416 e. The molecule has 0 spiro atoms. The van der Waals surface area contributed by atoms with Crippen LogP contribution in [0.4, 0.5) is 13.2 Å². The first-order valence-electron chi connectivity index (χ1n) is 3.51. The summed E-state index contributed by atoms with van der Waals surface area (Å²) in [5.74, 6) is 0. The Kier molecular flexibility index (Phi) is 4.71. The highest BCUT2D eigenvalue weighted by atomic mass is 35.5. The van der Waals surface area contributed by atoms with Crippen LogP contribution in [0.3, 0.4) is 0 Å². The van der Waals surface area contributed by atoms with Crippen molar-refractivity contribution in [2.45, 2.75) is 12.7 Å². The highest BCUT2D eigenvalue weighted by molar-refractivity contribution is 6.31. The summed E-state index contributed by atoms with van der Waals surface area (Å²) in [6, 6.07) is 3.61. The van der Waals surface area contributed by atoms with Crippen molar-refractivity contribution in [1.29, 1.82) is 0 Å². The van der Waals surface area contributed by atoms with Gasteiger partial charge in [-0.15, -0.1) is 12.4 Å². The van der Waals surface area contributed by atoms with Gasteiger partial charge < -0.3 is 5.73 Å². The summed E-state index contributed by atoms with van der Waals surface area (Å²) in [5, 5.41) is 0.0531. The molecule has 0 aromatic heterocycles.